The van der Waals surface area contributed by atoms with E-state index < -0.39 is 0 Å². The van der Waals surface area contributed by atoms with Crippen LogP contribution in [-0.2, 0) is 0 Å². The molecule has 0 atom stereocenters. The summed E-state index contributed by atoms with van der Waals surface area (Å²) in [4.78, 5) is 16.8. The van der Waals surface area contributed by atoms with Crippen molar-refractivity contribution in [3.8, 4) is 17.0 Å². The number of rotatable bonds is 1. The van der Waals surface area contributed by atoms with Crippen molar-refractivity contribution in [2.75, 3.05) is 0 Å². The monoisotopic (exact) mass is 273 g/mol. The summed E-state index contributed by atoms with van der Waals surface area (Å²) in [7, 11) is 0. The molecule has 0 aliphatic carbocycles. The molecule has 0 amide bonds. The van der Waals surface area contributed by atoms with E-state index in [4.69, 9.17) is 4.42 Å². The highest BCUT2D eigenvalue weighted by atomic mass is 32.1. The molecule has 0 aliphatic rings. The van der Waals surface area contributed by atoms with Crippen molar-refractivity contribution in [3.63, 3.8) is 0 Å². The third kappa shape index (κ3) is 1.82. The molecule has 0 bridgehead atoms. The molecule has 0 aliphatic heterocycles. The highest BCUT2D eigenvalue weighted by Gasteiger charge is 2.16. The number of hydrogen-bond donors (Lipinski definition) is 1. The maximum atomic E-state index is 12.6. The van der Waals surface area contributed by atoms with Gasteiger partial charge in [-0.25, -0.2) is 4.98 Å². The number of aromatic hydroxyl groups is 1. The molecule has 19 heavy (non-hydrogen) atoms. The molecular formula is C14H11NO3S. The zero-order valence-electron chi connectivity index (χ0n) is 10.4. The van der Waals surface area contributed by atoms with Crippen molar-refractivity contribution in [1.82, 2.24) is 4.98 Å². The fourth-order valence-electron chi connectivity index (χ4n) is 2.24. The topological polar surface area (TPSA) is 63.3 Å². The highest BCUT2D eigenvalue weighted by Crippen LogP contribution is 2.27. The lowest BCUT2D eigenvalue weighted by Gasteiger charge is -2.07. The van der Waals surface area contributed by atoms with Crippen LogP contribution in [0.1, 0.15) is 11.3 Å². The van der Waals surface area contributed by atoms with E-state index in [9.17, 15) is 9.90 Å². The van der Waals surface area contributed by atoms with Crippen LogP contribution in [0.3, 0.4) is 0 Å². The van der Waals surface area contributed by atoms with Crippen LogP contribution in [0.15, 0.2) is 32.2 Å². The van der Waals surface area contributed by atoms with E-state index in [-0.39, 0.29) is 11.2 Å². The Labute approximate surface area is 113 Å². The molecule has 0 saturated carbocycles. The standard InChI is InChI=1S/C14H11NO3S/c1-7-3-9(16)4-11-12(7)14(17)13(8(2)18-11)10-5-19-6-15-10/h3-6,16H,1-2H3. The van der Waals surface area contributed by atoms with Crippen molar-refractivity contribution < 1.29 is 9.52 Å². The van der Waals surface area contributed by atoms with E-state index >= 15 is 0 Å². The third-order valence-corrected chi connectivity index (χ3v) is 3.63. The first-order valence-electron chi connectivity index (χ1n) is 5.73. The summed E-state index contributed by atoms with van der Waals surface area (Å²) in [5.74, 6) is 0.599. The van der Waals surface area contributed by atoms with Crippen LogP contribution in [0.2, 0.25) is 0 Å². The van der Waals surface area contributed by atoms with Crippen molar-refractivity contribution in [2.45, 2.75) is 13.8 Å². The fraction of sp³-hybridized carbons (Fsp3) is 0.143. The van der Waals surface area contributed by atoms with E-state index in [1.807, 2.05) is 5.38 Å². The summed E-state index contributed by atoms with van der Waals surface area (Å²) in [6, 6.07) is 3.01. The fourth-order valence-corrected chi connectivity index (χ4v) is 2.78. The molecule has 1 N–H and O–H groups in total. The minimum absolute atomic E-state index is 0.0916. The Hall–Kier alpha value is -2.14. The number of hydrogen-bond acceptors (Lipinski definition) is 5. The molecule has 0 saturated heterocycles. The number of phenolic OH excluding ortho intramolecular Hbond substituents is 1. The van der Waals surface area contributed by atoms with Crippen molar-refractivity contribution in [3.05, 3.63) is 44.6 Å². The van der Waals surface area contributed by atoms with Crippen LogP contribution >= 0.6 is 11.3 Å². The second kappa shape index (κ2) is 4.20. The molecule has 0 unspecified atom stereocenters. The second-order valence-corrected chi connectivity index (χ2v) is 5.09. The summed E-state index contributed by atoms with van der Waals surface area (Å²) in [5.41, 5.74) is 3.79. The van der Waals surface area contributed by atoms with Crippen LogP contribution in [-0.4, -0.2) is 10.1 Å². The number of phenols is 1. The van der Waals surface area contributed by atoms with Gasteiger partial charge in [-0.05, 0) is 25.5 Å². The first kappa shape index (κ1) is 11.9. The minimum Gasteiger partial charge on any atom is -0.508 e. The molecule has 0 radical (unpaired) electrons. The number of benzene rings is 1. The minimum atomic E-state index is -0.109. The maximum Gasteiger partial charge on any atom is 0.202 e. The lowest BCUT2D eigenvalue weighted by molar-refractivity contribution is 0.473. The Kier molecular flexibility index (Phi) is 2.64. The first-order chi connectivity index (χ1) is 9.08. The molecule has 3 rings (SSSR count). The van der Waals surface area contributed by atoms with Gasteiger partial charge in [0.1, 0.15) is 17.1 Å². The van der Waals surface area contributed by atoms with Gasteiger partial charge in [0, 0.05) is 11.4 Å². The van der Waals surface area contributed by atoms with Gasteiger partial charge in [-0.15, -0.1) is 11.3 Å². The van der Waals surface area contributed by atoms with E-state index in [1.54, 1.807) is 25.4 Å². The van der Waals surface area contributed by atoms with Crippen molar-refractivity contribution in [2.24, 2.45) is 0 Å². The molecule has 96 valence electrons. The van der Waals surface area contributed by atoms with E-state index in [1.165, 1.54) is 17.4 Å². The summed E-state index contributed by atoms with van der Waals surface area (Å²) in [5, 5.41) is 11.9. The third-order valence-electron chi connectivity index (χ3n) is 3.04. The quantitative estimate of drug-likeness (QED) is 0.739. The molecule has 1 aromatic carbocycles. The van der Waals surface area contributed by atoms with Crippen LogP contribution < -0.4 is 5.43 Å². The predicted octanol–water partition coefficient (Wildman–Crippen LogP) is 3.24. The smallest absolute Gasteiger partial charge is 0.202 e. The summed E-state index contributed by atoms with van der Waals surface area (Å²) >= 11 is 1.43. The Bertz CT molecular complexity index is 819. The van der Waals surface area contributed by atoms with Crippen molar-refractivity contribution >= 4 is 22.3 Å². The molecule has 0 spiro atoms. The Morgan fingerprint density at radius 3 is 2.79 bits per heavy atom. The van der Waals surface area contributed by atoms with Gasteiger partial charge in [0.05, 0.1) is 22.2 Å². The average Bonchev–Trinajstić information content (AvgIpc) is 2.80. The van der Waals surface area contributed by atoms with Crippen molar-refractivity contribution in [1.29, 1.82) is 0 Å². The molecule has 4 nitrogen and oxygen atoms in total. The van der Waals surface area contributed by atoms with Crippen LogP contribution in [0, 0.1) is 13.8 Å². The number of thiazole rings is 1. The van der Waals surface area contributed by atoms with E-state index in [0.29, 0.717) is 33.6 Å². The predicted molar refractivity (Wildman–Crippen MR) is 74.7 cm³/mol. The Morgan fingerprint density at radius 2 is 2.11 bits per heavy atom. The summed E-state index contributed by atoms with van der Waals surface area (Å²) in [6.07, 6.45) is 0. The van der Waals surface area contributed by atoms with E-state index in [0.717, 1.165) is 0 Å². The van der Waals surface area contributed by atoms with Gasteiger partial charge in [-0.3, -0.25) is 4.79 Å². The zero-order valence-corrected chi connectivity index (χ0v) is 11.2. The lowest BCUT2D eigenvalue weighted by atomic mass is 10.0. The van der Waals surface area contributed by atoms with Gasteiger partial charge < -0.3 is 9.52 Å². The highest BCUT2D eigenvalue weighted by molar-refractivity contribution is 7.07. The molecule has 0 fully saturated rings. The second-order valence-electron chi connectivity index (χ2n) is 4.37. The number of fused-ring (bicyclic) bond motifs is 1. The lowest BCUT2D eigenvalue weighted by Crippen LogP contribution is -2.08. The molecule has 2 heterocycles. The largest absolute Gasteiger partial charge is 0.508 e. The van der Waals surface area contributed by atoms with Crippen LogP contribution in [0.25, 0.3) is 22.2 Å². The summed E-state index contributed by atoms with van der Waals surface area (Å²) in [6.45, 7) is 3.51. The maximum absolute atomic E-state index is 12.6. The molecule has 2 aromatic heterocycles. The summed E-state index contributed by atoms with van der Waals surface area (Å²) < 4.78 is 5.66. The normalized spacial score (nSPS) is 11.1. The van der Waals surface area contributed by atoms with Crippen LogP contribution in [0.5, 0.6) is 5.75 Å². The SMILES string of the molecule is Cc1oc2cc(O)cc(C)c2c(=O)c1-c1cscn1. The Morgan fingerprint density at radius 1 is 1.32 bits per heavy atom. The van der Waals surface area contributed by atoms with Gasteiger partial charge in [0.2, 0.25) is 5.43 Å². The molecule has 5 heteroatoms. The molecule has 3 aromatic rings. The van der Waals surface area contributed by atoms with Crippen LogP contribution in [0.4, 0.5) is 0 Å². The Balaban J connectivity index is 2.47. The van der Waals surface area contributed by atoms with Gasteiger partial charge in [-0.2, -0.15) is 0 Å². The molecular weight excluding hydrogens is 262 g/mol. The number of nitrogens with zero attached hydrogens (tertiary/aromatic N) is 1. The van der Waals surface area contributed by atoms with E-state index in [2.05, 4.69) is 4.98 Å². The van der Waals surface area contributed by atoms with Gasteiger partial charge in [0.25, 0.3) is 0 Å². The number of aryl methyl sites for hydroxylation is 2. The number of aromatic nitrogens is 1. The first-order valence-corrected chi connectivity index (χ1v) is 6.68. The van der Waals surface area contributed by atoms with Gasteiger partial charge in [0.15, 0.2) is 0 Å². The van der Waals surface area contributed by atoms with Gasteiger partial charge in [-0.1, -0.05) is 0 Å². The van der Waals surface area contributed by atoms with Gasteiger partial charge >= 0.3 is 0 Å². The average molecular weight is 273 g/mol. The zero-order chi connectivity index (χ0) is 13.6.